The van der Waals surface area contributed by atoms with Crippen LogP contribution in [0.2, 0.25) is 0 Å². The molecule has 0 fully saturated rings. The fourth-order valence-electron chi connectivity index (χ4n) is 7.21. The van der Waals surface area contributed by atoms with Gasteiger partial charge in [-0.15, -0.1) is 0 Å². The second-order valence-corrected chi connectivity index (χ2v) is 19.6. The lowest BCUT2D eigenvalue weighted by molar-refractivity contribution is -0.870. The average molecular weight is 842 g/mol. The van der Waals surface area contributed by atoms with E-state index in [-0.39, 0.29) is 19.1 Å². The van der Waals surface area contributed by atoms with E-state index in [4.69, 9.17) is 9.05 Å². The molecule has 3 atom stereocenters. The minimum Gasteiger partial charge on any atom is -0.387 e. The Labute approximate surface area is 360 Å². The Morgan fingerprint density at radius 2 is 0.931 bits per heavy atom. The number of carbonyl (C=O) groups excluding carboxylic acids is 1. The standard InChI is InChI=1S/C49H97N2O6P/c1-6-8-10-12-14-16-18-20-22-23-24-25-26-27-29-30-32-34-36-38-40-42-48(52)47(46-57-58(54,55)56-45-44-51(3,4)5)50-49(53)43-41-39-37-35-33-31-28-21-19-17-15-13-11-9-7-2/h17,19,40,42,47-48,52H,6-16,18,20-39,41,43-46H2,1-5H3,(H-,50,53,54,55)/p+1/b19-17-,42-40+. The molecule has 3 unspecified atom stereocenters. The predicted molar refractivity (Wildman–Crippen MR) is 249 cm³/mol. The first-order valence-corrected chi connectivity index (χ1v) is 26.2. The second kappa shape index (κ2) is 41.3. The first-order chi connectivity index (χ1) is 28.0. The third-order valence-corrected chi connectivity index (χ3v) is 12.1. The topological polar surface area (TPSA) is 105 Å². The normalized spacial score (nSPS) is 14.4. The maximum absolute atomic E-state index is 12.9. The number of phosphoric ester groups is 1. The summed E-state index contributed by atoms with van der Waals surface area (Å²) in [6.45, 7) is 4.82. The highest BCUT2D eigenvalue weighted by molar-refractivity contribution is 7.47. The van der Waals surface area contributed by atoms with Crippen molar-refractivity contribution in [3.63, 3.8) is 0 Å². The molecule has 0 aromatic heterocycles. The Morgan fingerprint density at radius 1 is 0.569 bits per heavy atom. The van der Waals surface area contributed by atoms with Crippen molar-refractivity contribution < 1.29 is 32.9 Å². The monoisotopic (exact) mass is 842 g/mol. The summed E-state index contributed by atoms with van der Waals surface area (Å²) in [6.07, 6.45) is 49.6. The fourth-order valence-corrected chi connectivity index (χ4v) is 7.95. The van der Waals surface area contributed by atoms with Gasteiger partial charge in [0.05, 0.1) is 39.9 Å². The van der Waals surface area contributed by atoms with Crippen molar-refractivity contribution in [3.8, 4) is 0 Å². The van der Waals surface area contributed by atoms with Crippen molar-refractivity contribution in [3.05, 3.63) is 24.3 Å². The number of nitrogens with one attached hydrogen (secondary N) is 1. The van der Waals surface area contributed by atoms with Crippen molar-refractivity contribution >= 4 is 13.7 Å². The summed E-state index contributed by atoms with van der Waals surface area (Å²) in [6, 6.07) is -0.846. The van der Waals surface area contributed by atoms with Crippen LogP contribution in [0.3, 0.4) is 0 Å². The van der Waals surface area contributed by atoms with Gasteiger partial charge in [-0.1, -0.05) is 205 Å². The minimum absolute atomic E-state index is 0.0619. The first kappa shape index (κ1) is 57.0. The number of aliphatic hydroxyl groups excluding tert-OH is 1. The molecule has 9 heteroatoms. The molecule has 0 saturated carbocycles. The number of amides is 1. The van der Waals surface area contributed by atoms with Crippen molar-refractivity contribution in [1.29, 1.82) is 0 Å². The molecule has 344 valence electrons. The van der Waals surface area contributed by atoms with E-state index in [1.807, 2.05) is 27.2 Å². The molecule has 0 rings (SSSR count). The number of hydrogen-bond acceptors (Lipinski definition) is 5. The Balaban J connectivity index is 4.32. The van der Waals surface area contributed by atoms with Crippen LogP contribution in [-0.4, -0.2) is 73.4 Å². The van der Waals surface area contributed by atoms with Gasteiger partial charge in [0.2, 0.25) is 5.91 Å². The average Bonchev–Trinajstić information content (AvgIpc) is 3.17. The van der Waals surface area contributed by atoms with Crippen LogP contribution in [0.15, 0.2) is 24.3 Å². The smallest absolute Gasteiger partial charge is 0.387 e. The Kier molecular flexibility index (Phi) is 40.6. The van der Waals surface area contributed by atoms with E-state index in [0.717, 1.165) is 38.5 Å². The molecule has 0 aliphatic rings. The fraction of sp³-hybridized carbons (Fsp3) is 0.898. The number of carbonyl (C=O) groups is 1. The van der Waals surface area contributed by atoms with Gasteiger partial charge in [0.25, 0.3) is 0 Å². The van der Waals surface area contributed by atoms with E-state index in [1.54, 1.807) is 6.08 Å². The predicted octanol–water partition coefficient (Wildman–Crippen LogP) is 14.1. The molecule has 0 spiro atoms. The first-order valence-electron chi connectivity index (χ1n) is 24.7. The number of quaternary nitrogens is 1. The van der Waals surface area contributed by atoms with Gasteiger partial charge in [-0.05, 0) is 44.9 Å². The van der Waals surface area contributed by atoms with Crippen LogP contribution < -0.4 is 5.32 Å². The SMILES string of the molecule is CCCCCC/C=C\CCCCCCCCCC(=O)NC(COP(=O)(O)OCC[N+](C)(C)C)C(O)/C=C/CCCCCCCCCCCCCCCCCCCCC. The lowest BCUT2D eigenvalue weighted by atomic mass is 10.0. The largest absolute Gasteiger partial charge is 0.472 e. The van der Waals surface area contributed by atoms with E-state index in [2.05, 4.69) is 31.3 Å². The van der Waals surface area contributed by atoms with E-state index in [0.29, 0.717) is 17.4 Å². The Morgan fingerprint density at radius 3 is 1.34 bits per heavy atom. The van der Waals surface area contributed by atoms with Gasteiger partial charge in [-0.3, -0.25) is 13.8 Å². The summed E-state index contributed by atoms with van der Waals surface area (Å²) in [5.41, 5.74) is 0. The highest BCUT2D eigenvalue weighted by Crippen LogP contribution is 2.43. The van der Waals surface area contributed by atoms with Crippen LogP contribution in [0.25, 0.3) is 0 Å². The van der Waals surface area contributed by atoms with Gasteiger partial charge in [-0.25, -0.2) is 4.57 Å². The van der Waals surface area contributed by atoms with Crippen LogP contribution in [0.4, 0.5) is 0 Å². The summed E-state index contributed by atoms with van der Waals surface area (Å²) in [4.78, 5) is 23.2. The van der Waals surface area contributed by atoms with Gasteiger partial charge in [0.15, 0.2) is 0 Å². The molecule has 0 heterocycles. The van der Waals surface area contributed by atoms with E-state index in [9.17, 15) is 19.4 Å². The highest BCUT2D eigenvalue weighted by Gasteiger charge is 2.27. The van der Waals surface area contributed by atoms with Crippen LogP contribution in [0.1, 0.15) is 232 Å². The number of rotatable bonds is 45. The second-order valence-electron chi connectivity index (χ2n) is 18.2. The summed E-state index contributed by atoms with van der Waals surface area (Å²) in [7, 11) is 1.57. The van der Waals surface area contributed by atoms with Crippen LogP contribution >= 0.6 is 7.82 Å². The highest BCUT2D eigenvalue weighted by atomic mass is 31.2. The molecular weight excluding hydrogens is 744 g/mol. The molecule has 0 bridgehead atoms. The lowest BCUT2D eigenvalue weighted by Gasteiger charge is -2.25. The number of aliphatic hydroxyl groups is 1. The van der Waals surface area contributed by atoms with Gasteiger partial charge in [0, 0.05) is 6.42 Å². The Hall–Kier alpha value is -1.02. The van der Waals surface area contributed by atoms with Gasteiger partial charge >= 0.3 is 7.82 Å². The van der Waals surface area contributed by atoms with Gasteiger partial charge in [0.1, 0.15) is 13.2 Å². The third kappa shape index (κ3) is 43.1. The summed E-state index contributed by atoms with van der Waals surface area (Å²) < 4.78 is 23.6. The molecule has 0 aliphatic heterocycles. The minimum atomic E-state index is -4.34. The van der Waals surface area contributed by atoms with Crippen LogP contribution in [-0.2, 0) is 18.4 Å². The molecule has 0 aromatic rings. The van der Waals surface area contributed by atoms with E-state index < -0.39 is 20.0 Å². The quantitative estimate of drug-likeness (QED) is 0.0244. The van der Waals surface area contributed by atoms with Crippen LogP contribution in [0.5, 0.6) is 0 Å². The van der Waals surface area contributed by atoms with Crippen molar-refractivity contribution in [1.82, 2.24) is 5.32 Å². The zero-order chi connectivity index (χ0) is 42.8. The molecule has 0 aromatic carbocycles. The number of hydrogen-bond donors (Lipinski definition) is 3. The van der Waals surface area contributed by atoms with E-state index >= 15 is 0 Å². The molecular formula is C49H98N2O6P+. The lowest BCUT2D eigenvalue weighted by Crippen LogP contribution is -2.45. The molecule has 1 amide bonds. The molecule has 3 N–H and O–H groups in total. The van der Waals surface area contributed by atoms with Crippen molar-refractivity contribution in [2.45, 2.75) is 244 Å². The van der Waals surface area contributed by atoms with Gasteiger partial charge < -0.3 is 19.8 Å². The third-order valence-electron chi connectivity index (χ3n) is 11.2. The molecule has 0 radical (unpaired) electrons. The zero-order valence-corrected chi connectivity index (χ0v) is 39.9. The molecule has 58 heavy (non-hydrogen) atoms. The van der Waals surface area contributed by atoms with Crippen LogP contribution in [0, 0.1) is 0 Å². The van der Waals surface area contributed by atoms with Gasteiger partial charge in [-0.2, -0.15) is 0 Å². The molecule has 0 aliphatic carbocycles. The number of nitrogens with zero attached hydrogens (tertiary/aromatic N) is 1. The number of likely N-dealkylation sites (N-methyl/N-ethyl adjacent to an activating group) is 1. The number of unbranched alkanes of at least 4 members (excludes halogenated alkanes) is 30. The summed E-state index contributed by atoms with van der Waals surface area (Å²) >= 11 is 0. The summed E-state index contributed by atoms with van der Waals surface area (Å²) in [5.74, 6) is -0.181. The van der Waals surface area contributed by atoms with E-state index in [1.165, 1.54) is 173 Å². The summed E-state index contributed by atoms with van der Waals surface area (Å²) in [5, 5.41) is 13.9. The van der Waals surface area contributed by atoms with Crippen molar-refractivity contribution in [2.75, 3.05) is 40.9 Å². The molecule has 8 nitrogen and oxygen atoms in total. The molecule has 0 saturated heterocycles. The number of phosphoric acid groups is 1. The maximum atomic E-state index is 12.9. The zero-order valence-electron chi connectivity index (χ0n) is 39.0. The number of allylic oxidation sites excluding steroid dienone is 3. The maximum Gasteiger partial charge on any atom is 0.472 e. The van der Waals surface area contributed by atoms with Crippen molar-refractivity contribution in [2.24, 2.45) is 0 Å². The Bertz CT molecular complexity index is 1000.